The van der Waals surface area contributed by atoms with E-state index in [1.807, 2.05) is 50.4 Å². The first-order chi connectivity index (χ1) is 13.4. The standard InChI is InChI=1S/C23H28N2O2S/c1-5-6-18-14-24-21(16(18)3)13-22-17(4)20(23(26)25-22)11-12-28(27)19-9-7-15(2)8-10-19/h7-10,13-14,24H,5-6,11-12H2,1-4H3,(H,25,26)/b22-13-. The molecule has 0 radical (unpaired) electrons. The van der Waals surface area contributed by atoms with Crippen molar-refractivity contribution in [2.75, 3.05) is 5.75 Å². The zero-order valence-corrected chi connectivity index (χ0v) is 17.8. The van der Waals surface area contributed by atoms with E-state index in [-0.39, 0.29) is 5.91 Å². The van der Waals surface area contributed by atoms with E-state index in [1.54, 1.807) is 0 Å². The van der Waals surface area contributed by atoms with Gasteiger partial charge in [-0.25, -0.2) is 0 Å². The Labute approximate surface area is 170 Å². The summed E-state index contributed by atoms with van der Waals surface area (Å²) in [7, 11) is 0. The van der Waals surface area contributed by atoms with Crippen LogP contribution in [0.2, 0.25) is 0 Å². The molecule has 1 aromatic heterocycles. The molecule has 5 heteroatoms. The lowest BCUT2D eigenvalue weighted by Gasteiger charge is -2.10. The molecular formula is C23H28N2O2S. The Balaban J connectivity index is 1.73. The van der Waals surface area contributed by atoms with Crippen LogP contribution < -0.4 is 5.32 Å². The van der Waals surface area contributed by atoms with Gasteiger partial charge in [0.1, 0.15) is 5.75 Å². The molecule has 1 amide bonds. The van der Waals surface area contributed by atoms with Crippen LogP contribution in [-0.2, 0) is 22.4 Å². The van der Waals surface area contributed by atoms with E-state index >= 15 is 0 Å². The van der Waals surface area contributed by atoms with Crippen LogP contribution in [-0.4, -0.2) is 21.2 Å². The van der Waals surface area contributed by atoms with Crippen LogP contribution in [0.3, 0.4) is 0 Å². The van der Waals surface area contributed by atoms with Crippen LogP contribution in [0.25, 0.3) is 6.08 Å². The number of aromatic nitrogens is 1. The highest BCUT2D eigenvalue weighted by molar-refractivity contribution is 7.91. The Morgan fingerprint density at radius 3 is 2.50 bits per heavy atom. The number of amides is 1. The number of hydrogen-bond donors (Lipinski definition) is 2. The molecule has 2 N–H and O–H groups in total. The lowest BCUT2D eigenvalue weighted by molar-refractivity contribution is -0.116. The summed E-state index contributed by atoms with van der Waals surface area (Å²) in [5, 5.41) is 2.97. The average molecular weight is 397 g/mol. The average Bonchev–Trinajstić information content (AvgIpc) is 3.14. The summed E-state index contributed by atoms with van der Waals surface area (Å²) < 4.78 is 12.5. The number of carbonyl (C=O) groups excluding carboxylic acids is 1. The van der Waals surface area contributed by atoms with Gasteiger partial charge in [-0.1, -0.05) is 31.0 Å². The van der Waals surface area contributed by atoms with E-state index in [0.717, 1.165) is 45.8 Å². The van der Waals surface area contributed by atoms with Crippen molar-refractivity contribution >= 4 is 23.2 Å². The molecule has 2 aromatic rings. The van der Waals surface area contributed by atoms with Crippen molar-refractivity contribution in [2.24, 2.45) is 0 Å². The SMILES string of the molecule is CCCc1c[nH]c(/C=C2\NC(=O)C(CC[S+]([O-])c3ccc(C)cc3)=C2C)c1C. The number of benzene rings is 1. The van der Waals surface area contributed by atoms with Crippen molar-refractivity contribution in [3.05, 3.63) is 69.7 Å². The van der Waals surface area contributed by atoms with E-state index in [4.69, 9.17) is 0 Å². The maximum absolute atomic E-state index is 12.5. The first-order valence-electron chi connectivity index (χ1n) is 9.75. The number of hydrogen-bond acceptors (Lipinski definition) is 2. The van der Waals surface area contributed by atoms with Crippen LogP contribution in [0.5, 0.6) is 0 Å². The fourth-order valence-electron chi connectivity index (χ4n) is 3.45. The molecule has 0 bridgehead atoms. The second-order valence-corrected chi connectivity index (χ2v) is 8.90. The molecule has 1 unspecified atom stereocenters. The second-order valence-electron chi connectivity index (χ2n) is 7.33. The van der Waals surface area contributed by atoms with Crippen molar-refractivity contribution < 1.29 is 9.35 Å². The van der Waals surface area contributed by atoms with Crippen LogP contribution in [0.15, 0.2) is 52.2 Å². The summed E-state index contributed by atoms with van der Waals surface area (Å²) in [6, 6.07) is 7.72. The zero-order chi connectivity index (χ0) is 20.3. The van der Waals surface area contributed by atoms with E-state index < -0.39 is 11.2 Å². The molecular weight excluding hydrogens is 368 g/mol. The van der Waals surface area contributed by atoms with E-state index in [0.29, 0.717) is 12.2 Å². The topological polar surface area (TPSA) is 68.0 Å². The maximum atomic E-state index is 12.5. The molecule has 0 aliphatic carbocycles. The van der Waals surface area contributed by atoms with Crippen molar-refractivity contribution in [1.82, 2.24) is 10.3 Å². The van der Waals surface area contributed by atoms with Gasteiger partial charge in [0, 0.05) is 29.6 Å². The van der Waals surface area contributed by atoms with Crippen molar-refractivity contribution in [3.8, 4) is 0 Å². The molecule has 1 aliphatic heterocycles. The van der Waals surface area contributed by atoms with Gasteiger partial charge < -0.3 is 14.9 Å². The number of aromatic amines is 1. The smallest absolute Gasteiger partial charge is 0.252 e. The second kappa shape index (κ2) is 8.84. The number of carbonyl (C=O) groups is 1. The van der Waals surface area contributed by atoms with Gasteiger partial charge >= 0.3 is 0 Å². The van der Waals surface area contributed by atoms with Gasteiger partial charge in [0.15, 0.2) is 4.90 Å². The number of allylic oxidation sites excluding steroid dienone is 1. The molecule has 1 aromatic carbocycles. The monoisotopic (exact) mass is 396 g/mol. The lowest BCUT2D eigenvalue weighted by atomic mass is 10.1. The number of nitrogens with one attached hydrogen (secondary N) is 2. The van der Waals surface area contributed by atoms with Gasteiger partial charge in [0.05, 0.1) is 0 Å². The molecule has 1 aliphatic rings. The fourth-order valence-corrected chi connectivity index (χ4v) is 4.51. The van der Waals surface area contributed by atoms with Crippen molar-refractivity contribution in [3.63, 3.8) is 0 Å². The van der Waals surface area contributed by atoms with Crippen LogP contribution in [0.1, 0.15) is 49.1 Å². The van der Waals surface area contributed by atoms with Gasteiger partial charge in [-0.3, -0.25) is 4.79 Å². The number of aryl methyl sites for hydroxylation is 2. The molecule has 28 heavy (non-hydrogen) atoms. The first kappa shape index (κ1) is 20.5. The third-order valence-corrected chi connectivity index (χ3v) is 6.67. The highest BCUT2D eigenvalue weighted by atomic mass is 32.2. The van der Waals surface area contributed by atoms with Crippen molar-refractivity contribution in [2.45, 2.75) is 51.9 Å². The molecule has 4 nitrogen and oxygen atoms in total. The summed E-state index contributed by atoms with van der Waals surface area (Å²) >= 11 is -1.11. The Hall–Kier alpha value is -2.24. The van der Waals surface area contributed by atoms with Gasteiger partial charge in [-0.2, -0.15) is 0 Å². The molecule has 0 fully saturated rings. The number of H-pyrrole nitrogens is 1. The van der Waals surface area contributed by atoms with Gasteiger partial charge in [0.25, 0.3) is 5.91 Å². The van der Waals surface area contributed by atoms with E-state index in [9.17, 15) is 9.35 Å². The van der Waals surface area contributed by atoms with E-state index in [2.05, 4.69) is 24.1 Å². The summed E-state index contributed by atoms with van der Waals surface area (Å²) in [6.45, 7) is 8.24. The summed E-state index contributed by atoms with van der Waals surface area (Å²) in [5.74, 6) is 0.362. The van der Waals surface area contributed by atoms with Crippen LogP contribution in [0, 0.1) is 13.8 Å². The minimum atomic E-state index is -1.11. The Kier molecular flexibility index (Phi) is 6.47. The Morgan fingerprint density at radius 1 is 1.11 bits per heavy atom. The van der Waals surface area contributed by atoms with Gasteiger partial charge in [-0.15, -0.1) is 0 Å². The normalized spacial score (nSPS) is 16.8. The molecule has 0 saturated carbocycles. The third-order valence-electron chi connectivity index (χ3n) is 5.30. The maximum Gasteiger partial charge on any atom is 0.252 e. The van der Waals surface area contributed by atoms with E-state index in [1.165, 1.54) is 11.1 Å². The summed E-state index contributed by atoms with van der Waals surface area (Å²) in [5.41, 5.74) is 7.21. The Bertz CT molecular complexity index is 923. The minimum absolute atomic E-state index is 0.0809. The molecule has 2 heterocycles. The molecule has 0 saturated heterocycles. The minimum Gasteiger partial charge on any atom is -0.611 e. The predicted molar refractivity (Wildman–Crippen MR) is 115 cm³/mol. The van der Waals surface area contributed by atoms with Crippen LogP contribution in [0.4, 0.5) is 0 Å². The largest absolute Gasteiger partial charge is 0.611 e. The van der Waals surface area contributed by atoms with Crippen LogP contribution >= 0.6 is 0 Å². The molecule has 3 rings (SSSR count). The predicted octanol–water partition coefficient (Wildman–Crippen LogP) is 4.57. The van der Waals surface area contributed by atoms with Gasteiger partial charge in [0.2, 0.25) is 0 Å². The lowest BCUT2D eigenvalue weighted by Crippen LogP contribution is -2.18. The van der Waals surface area contributed by atoms with Gasteiger partial charge in [-0.05, 0) is 73.3 Å². The third kappa shape index (κ3) is 4.42. The Morgan fingerprint density at radius 2 is 1.82 bits per heavy atom. The quantitative estimate of drug-likeness (QED) is 0.673. The fraction of sp³-hybridized carbons (Fsp3) is 0.348. The molecule has 148 valence electrons. The zero-order valence-electron chi connectivity index (χ0n) is 17.0. The molecule has 0 spiro atoms. The number of rotatable bonds is 7. The highest BCUT2D eigenvalue weighted by Gasteiger charge is 2.26. The first-order valence-corrected chi connectivity index (χ1v) is 11.1. The highest BCUT2D eigenvalue weighted by Crippen LogP contribution is 2.27. The summed E-state index contributed by atoms with van der Waals surface area (Å²) in [6.07, 6.45) is 6.70. The van der Waals surface area contributed by atoms with Crippen molar-refractivity contribution in [1.29, 1.82) is 0 Å². The summed E-state index contributed by atoms with van der Waals surface area (Å²) in [4.78, 5) is 16.6. The molecule has 1 atom stereocenters.